The summed E-state index contributed by atoms with van der Waals surface area (Å²) in [6.07, 6.45) is 2.25. The third kappa shape index (κ3) is 3.48. The Morgan fingerprint density at radius 3 is 2.94 bits per heavy atom. The lowest BCUT2D eigenvalue weighted by molar-refractivity contribution is 0.424. The summed E-state index contributed by atoms with van der Waals surface area (Å²) in [5.74, 6) is 2.99. The fourth-order valence-electron chi connectivity index (χ4n) is 2.53. The van der Waals surface area contributed by atoms with Crippen molar-refractivity contribution < 1.29 is 4.39 Å². The fraction of sp³-hybridized carbons (Fsp3) is 0.600. The molecule has 1 saturated heterocycles. The van der Waals surface area contributed by atoms with Gasteiger partial charge in [0.15, 0.2) is 0 Å². The van der Waals surface area contributed by atoms with Crippen molar-refractivity contribution in [3.63, 3.8) is 0 Å². The van der Waals surface area contributed by atoms with Crippen LogP contribution in [-0.2, 0) is 6.42 Å². The summed E-state index contributed by atoms with van der Waals surface area (Å²) in [6, 6.07) is 5.80. The van der Waals surface area contributed by atoms with E-state index in [0.29, 0.717) is 12.0 Å². The zero-order valence-electron chi connectivity index (χ0n) is 11.2. The predicted octanol–water partition coefficient (Wildman–Crippen LogP) is 3.41. The molecule has 1 fully saturated rings. The van der Waals surface area contributed by atoms with Gasteiger partial charge in [0.2, 0.25) is 0 Å². The summed E-state index contributed by atoms with van der Waals surface area (Å²) < 4.78 is 13.1. The van der Waals surface area contributed by atoms with Gasteiger partial charge in [-0.1, -0.05) is 13.0 Å². The number of hydrogen-bond acceptors (Lipinski definition) is 2. The number of aryl methyl sites for hydroxylation is 1. The standard InChI is InChI=1S/C15H22FNS/c1-3-6-17-15-10-18-9-13(15)8-12-4-5-14(16)7-11(12)2/h4-5,7,13,15,17H,3,6,8-10H2,1-2H3. The molecule has 0 spiro atoms. The van der Waals surface area contributed by atoms with Crippen LogP contribution in [0.25, 0.3) is 0 Å². The van der Waals surface area contributed by atoms with Gasteiger partial charge >= 0.3 is 0 Å². The van der Waals surface area contributed by atoms with Crippen LogP contribution in [0.3, 0.4) is 0 Å². The molecule has 1 aromatic carbocycles. The largest absolute Gasteiger partial charge is 0.313 e. The Bertz CT molecular complexity index is 394. The van der Waals surface area contributed by atoms with Crippen LogP contribution < -0.4 is 5.32 Å². The highest BCUT2D eigenvalue weighted by atomic mass is 32.2. The summed E-state index contributed by atoms with van der Waals surface area (Å²) in [6.45, 7) is 5.31. The Balaban J connectivity index is 1.99. The summed E-state index contributed by atoms with van der Waals surface area (Å²) in [5, 5.41) is 3.64. The van der Waals surface area contributed by atoms with Gasteiger partial charge in [0.05, 0.1) is 0 Å². The molecule has 1 N–H and O–H groups in total. The second-order valence-electron chi connectivity index (χ2n) is 5.13. The van der Waals surface area contributed by atoms with Gasteiger partial charge in [-0.25, -0.2) is 4.39 Å². The Hall–Kier alpha value is -0.540. The molecule has 0 aliphatic carbocycles. The quantitative estimate of drug-likeness (QED) is 0.877. The molecule has 1 aliphatic rings. The van der Waals surface area contributed by atoms with Gasteiger partial charge in [0.25, 0.3) is 0 Å². The van der Waals surface area contributed by atoms with Gasteiger partial charge in [0.1, 0.15) is 5.82 Å². The summed E-state index contributed by atoms with van der Waals surface area (Å²) >= 11 is 2.03. The molecule has 0 amide bonds. The molecule has 3 heteroatoms. The van der Waals surface area contributed by atoms with Crippen molar-refractivity contribution in [2.24, 2.45) is 5.92 Å². The lowest BCUT2D eigenvalue weighted by atomic mass is 9.92. The molecule has 0 bridgehead atoms. The molecule has 1 nitrogen and oxygen atoms in total. The van der Waals surface area contributed by atoms with Gasteiger partial charge in [0, 0.05) is 11.8 Å². The number of nitrogens with one attached hydrogen (secondary N) is 1. The first kappa shape index (κ1) is 13.9. The normalized spacial score (nSPS) is 23.5. The Kier molecular flexibility index (Phi) is 5.07. The maximum atomic E-state index is 13.1. The first-order chi connectivity index (χ1) is 8.70. The molecule has 1 heterocycles. The monoisotopic (exact) mass is 267 g/mol. The van der Waals surface area contributed by atoms with E-state index in [-0.39, 0.29) is 5.82 Å². The maximum absolute atomic E-state index is 13.1. The molecule has 0 saturated carbocycles. The molecule has 100 valence electrons. The summed E-state index contributed by atoms with van der Waals surface area (Å²) in [4.78, 5) is 0. The molecule has 2 atom stereocenters. The van der Waals surface area contributed by atoms with Gasteiger partial charge in [-0.05, 0) is 61.2 Å². The van der Waals surface area contributed by atoms with Crippen LogP contribution in [0.15, 0.2) is 18.2 Å². The Morgan fingerprint density at radius 2 is 2.22 bits per heavy atom. The lowest BCUT2D eigenvalue weighted by Gasteiger charge is -2.20. The van der Waals surface area contributed by atoms with E-state index in [4.69, 9.17) is 0 Å². The highest BCUT2D eigenvalue weighted by molar-refractivity contribution is 7.99. The van der Waals surface area contributed by atoms with Crippen molar-refractivity contribution in [3.05, 3.63) is 35.1 Å². The van der Waals surface area contributed by atoms with E-state index >= 15 is 0 Å². The van der Waals surface area contributed by atoms with Gasteiger partial charge < -0.3 is 5.32 Å². The maximum Gasteiger partial charge on any atom is 0.123 e. The van der Waals surface area contributed by atoms with Crippen LogP contribution in [0.5, 0.6) is 0 Å². The van der Waals surface area contributed by atoms with Crippen LogP contribution >= 0.6 is 11.8 Å². The molecule has 1 aromatic rings. The highest BCUT2D eigenvalue weighted by Crippen LogP contribution is 2.28. The minimum absolute atomic E-state index is 0.127. The number of hydrogen-bond donors (Lipinski definition) is 1. The van der Waals surface area contributed by atoms with Crippen LogP contribution in [0, 0.1) is 18.7 Å². The van der Waals surface area contributed by atoms with E-state index in [1.165, 1.54) is 23.5 Å². The third-order valence-electron chi connectivity index (χ3n) is 3.64. The molecular weight excluding hydrogens is 245 g/mol. The number of thioether (sulfide) groups is 1. The topological polar surface area (TPSA) is 12.0 Å². The van der Waals surface area contributed by atoms with E-state index in [0.717, 1.165) is 18.5 Å². The van der Waals surface area contributed by atoms with E-state index in [9.17, 15) is 4.39 Å². The SMILES string of the molecule is CCCNC1CSCC1Cc1ccc(F)cc1C. The minimum Gasteiger partial charge on any atom is -0.313 e. The van der Waals surface area contributed by atoms with Crippen molar-refractivity contribution in [1.29, 1.82) is 0 Å². The summed E-state index contributed by atoms with van der Waals surface area (Å²) in [5.41, 5.74) is 2.38. The van der Waals surface area contributed by atoms with Crippen molar-refractivity contribution >= 4 is 11.8 Å². The van der Waals surface area contributed by atoms with Gasteiger partial charge in [-0.2, -0.15) is 11.8 Å². The number of benzene rings is 1. The zero-order chi connectivity index (χ0) is 13.0. The fourth-order valence-corrected chi connectivity index (χ4v) is 3.96. The van der Waals surface area contributed by atoms with E-state index in [1.807, 2.05) is 24.8 Å². The van der Waals surface area contributed by atoms with Crippen LogP contribution in [-0.4, -0.2) is 24.1 Å². The molecular formula is C15H22FNS. The first-order valence-corrected chi connectivity index (χ1v) is 7.92. The van der Waals surface area contributed by atoms with E-state index < -0.39 is 0 Å². The predicted molar refractivity (Wildman–Crippen MR) is 77.7 cm³/mol. The third-order valence-corrected chi connectivity index (χ3v) is 4.90. The second-order valence-corrected chi connectivity index (χ2v) is 6.21. The van der Waals surface area contributed by atoms with E-state index in [1.54, 1.807) is 12.1 Å². The van der Waals surface area contributed by atoms with Crippen LogP contribution in [0.2, 0.25) is 0 Å². The van der Waals surface area contributed by atoms with Gasteiger partial charge in [-0.15, -0.1) is 0 Å². The molecule has 0 radical (unpaired) electrons. The molecule has 18 heavy (non-hydrogen) atoms. The smallest absolute Gasteiger partial charge is 0.123 e. The summed E-state index contributed by atoms with van der Waals surface area (Å²) in [7, 11) is 0. The van der Waals surface area contributed by atoms with Crippen molar-refractivity contribution in [3.8, 4) is 0 Å². The number of rotatable bonds is 5. The minimum atomic E-state index is -0.127. The molecule has 2 rings (SSSR count). The highest BCUT2D eigenvalue weighted by Gasteiger charge is 2.27. The average molecular weight is 267 g/mol. The van der Waals surface area contributed by atoms with Crippen molar-refractivity contribution in [1.82, 2.24) is 5.32 Å². The van der Waals surface area contributed by atoms with E-state index in [2.05, 4.69) is 12.2 Å². The van der Waals surface area contributed by atoms with Crippen LogP contribution in [0.1, 0.15) is 24.5 Å². The second kappa shape index (κ2) is 6.58. The van der Waals surface area contributed by atoms with Crippen molar-refractivity contribution in [2.45, 2.75) is 32.7 Å². The first-order valence-electron chi connectivity index (χ1n) is 6.77. The molecule has 2 unspecified atom stereocenters. The van der Waals surface area contributed by atoms with Crippen LogP contribution in [0.4, 0.5) is 4.39 Å². The molecule has 1 aliphatic heterocycles. The average Bonchev–Trinajstić information content (AvgIpc) is 2.77. The number of halogens is 1. The lowest BCUT2D eigenvalue weighted by Crippen LogP contribution is -2.36. The van der Waals surface area contributed by atoms with Crippen molar-refractivity contribution in [2.75, 3.05) is 18.1 Å². The Morgan fingerprint density at radius 1 is 1.39 bits per heavy atom. The molecule has 0 aromatic heterocycles. The Labute approximate surface area is 114 Å². The zero-order valence-corrected chi connectivity index (χ0v) is 12.0. The van der Waals surface area contributed by atoms with Gasteiger partial charge in [-0.3, -0.25) is 0 Å².